The zero-order valence-electron chi connectivity index (χ0n) is 13.9. The van der Waals surface area contributed by atoms with Gasteiger partial charge in [0.25, 0.3) is 0 Å². The Bertz CT molecular complexity index is 379. The summed E-state index contributed by atoms with van der Waals surface area (Å²) < 4.78 is 30.0. The van der Waals surface area contributed by atoms with Gasteiger partial charge in [0.2, 0.25) is 5.85 Å². The first-order chi connectivity index (χ1) is 10.3. The molecule has 130 valence electrons. The Balaban J connectivity index is 3.04. The van der Waals surface area contributed by atoms with E-state index in [2.05, 4.69) is 0 Å². The molecule has 1 aliphatic rings. The van der Waals surface area contributed by atoms with Crippen LogP contribution in [0.3, 0.4) is 0 Å². The van der Waals surface area contributed by atoms with E-state index in [1.165, 1.54) is 0 Å². The largest absolute Gasteiger partial charge is 0.448 e. The predicted octanol–water partition coefficient (Wildman–Crippen LogP) is 4.72. The Hall–Kier alpha value is -0.0900. The molecule has 1 aliphatic carbocycles. The van der Waals surface area contributed by atoms with Crippen LogP contribution in [0.2, 0.25) is 0 Å². The molecule has 5 nitrogen and oxygen atoms in total. The molecule has 0 spiro atoms. The summed E-state index contributed by atoms with van der Waals surface area (Å²) in [5.74, 6) is -1.74. The van der Waals surface area contributed by atoms with Crippen molar-refractivity contribution in [1.82, 2.24) is 0 Å². The third-order valence-corrected chi connectivity index (χ3v) is 6.24. The van der Waals surface area contributed by atoms with Gasteiger partial charge >= 0.3 is 13.6 Å². The maximum Gasteiger partial charge on any atom is 0.371 e. The van der Waals surface area contributed by atoms with Gasteiger partial charge in [-0.25, -0.2) is 0 Å². The minimum Gasteiger partial charge on any atom is -0.448 e. The van der Waals surface area contributed by atoms with Gasteiger partial charge in [-0.15, -0.1) is 11.6 Å². The monoisotopic (exact) mass is 354 g/mol. The minimum atomic E-state index is -3.58. The Morgan fingerprint density at radius 2 is 1.59 bits per heavy atom. The summed E-state index contributed by atoms with van der Waals surface area (Å²) in [6.45, 7) is 7.16. The number of carbonyl (C=O) groups is 1. The van der Waals surface area contributed by atoms with Crippen molar-refractivity contribution >= 4 is 25.2 Å². The van der Waals surface area contributed by atoms with Gasteiger partial charge in [0.15, 0.2) is 0 Å². The summed E-state index contributed by atoms with van der Waals surface area (Å²) >= 11 is 5.55. The van der Waals surface area contributed by atoms with Crippen molar-refractivity contribution in [2.45, 2.75) is 77.9 Å². The van der Waals surface area contributed by atoms with E-state index in [1.54, 1.807) is 27.7 Å². The molecule has 1 saturated carbocycles. The molecule has 0 N–H and O–H groups in total. The second-order valence-electron chi connectivity index (χ2n) is 6.26. The van der Waals surface area contributed by atoms with Gasteiger partial charge in [0, 0.05) is 5.92 Å². The number of rotatable bonds is 8. The molecule has 0 heterocycles. The summed E-state index contributed by atoms with van der Waals surface area (Å²) in [6.07, 6.45) is 4.34. The smallest absolute Gasteiger partial charge is 0.371 e. The van der Waals surface area contributed by atoms with Crippen molar-refractivity contribution in [3.8, 4) is 0 Å². The Morgan fingerprint density at radius 3 is 2.00 bits per heavy atom. The Morgan fingerprint density at radius 1 is 1.09 bits per heavy atom. The zero-order chi connectivity index (χ0) is 16.8. The molecule has 0 aromatic heterocycles. The lowest BCUT2D eigenvalue weighted by molar-refractivity contribution is -0.146. The molecule has 0 bridgehead atoms. The SMILES string of the molecule is CC(C)OP(=O)(OC(C)C)[C@@H](OC(=O)CCl)C1CCCCC1. The third kappa shape index (κ3) is 6.19. The van der Waals surface area contributed by atoms with Crippen LogP contribution in [0.25, 0.3) is 0 Å². The van der Waals surface area contributed by atoms with Gasteiger partial charge < -0.3 is 13.8 Å². The number of ether oxygens (including phenoxy) is 1. The summed E-state index contributed by atoms with van der Waals surface area (Å²) in [4.78, 5) is 11.7. The van der Waals surface area contributed by atoms with E-state index in [0.717, 1.165) is 32.1 Å². The number of hydrogen-bond acceptors (Lipinski definition) is 5. The fraction of sp³-hybridized carbons (Fsp3) is 0.933. The highest BCUT2D eigenvalue weighted by Crippen LogP contribution is 2.59. The standard InChI is InChI=1S/C15H28ClO5P/c1-11(2)20-22(18,21-12(3)4)15(19-14(17)10-16)13-8-6-5-7-9-13/h11-13,15H,5-10H2,1-4H3/t15-/m1/s1. The second kappa shape index (κ2) is 9.27. The van der Waals surface area contributed by atoms with E-state index >= 15 is 0 Å². The van der Waals surface area contributed by atoms with Crippen LogP contribution in [0.1, 0.15) is 59.8 Å². The van der Waals surface area contributed by atoms with Gasteiger partial charge in [-0.05, 0) is 40.5 Å². The fourth-order valence-electron chi connectivity index (χ4n) is 2.74. The van der Waals surface area contributed by atoms with E-state index in [9.17, 15) is 9.36 Å². The normalized spacial score (nSPS) is 18.7. The molecular weight excluding hydrogens is 327 g/mol. The van der Waals surface area contributed by atoms with E-state index in [1.807, 2.05) is 0 Å². The topological polar surface area (TPSA) is 61.8 Å². The Labute approximate surface area is 138 Å². The molecule has 0 aromatic carbocycles. The molecule has 0 saturated heterocycles. The molecule has 0 aliphatic heterocycles. The lowest BCUT2D eigenvalue weighted by Crippen LogP contribution is -2.32. The van der Waals surface area contributed by atoms with Crippen molar-refractivity contribution in [3.05, 3.63) is 0 Å². The first kappa shape index (κ1) is 20.0. The summed E-state index contributed by atoms with van der Waals surface area (Å²) in [5.41, 5.74) is 0. The molecule has 0 unspecified atom stereocenters. The van der Waals surface area contributed by atoms with Crippen LogP contribution in [0.4, 0.5) is 0 Å². The van der Waals surface area contributed by atoms with Crippen molar-refractivity contribution in [2.24, 2.45) is 5.92 Å². The number of alkyl halides is 1. The van der Waals surface area contributed by atoms with Gasteiger partial charge in [0.1, 0.15) is 5.88 Å². The molecule has 1 atom stereocenters. The quantitative estimate of drug-likeness (QED) is 0.358. The molecule has 0 radical (unpaired) electrons. The lowest BCUT2D eigenvalue weighted by Gasteiger charge is -2.35. The highest BCUT2D eigenvalue weighted by molar-refractivity contribution is 7.54. The summed E-state index contributed by atoms with van der Waals surface area (Å²) in [5, 5.41) is 0. The summed E-state index contributed by atoms with van der Waals surface area (Å²) in [6, 6.07) is 0. The van der Waals surface area contributed by atoms with E-state index in [-0.39, 0.29) is 24.0 Å². The molecule has 1 rings (SSSR count). The molecule has 0 amide bonds. The van der Waals surface area contributed by atoms with Gasteiger partial charge in [-0.3, -0.25) is 9.36 Å². The average Bonchev–Trinajstić information content (AvgIpc) is 2.43. The minimum absolute atomic E-state index is 0.00995. The number of halogens is 1. The van der Waals surface area contributed by atoms with Gasteiger partial charge in [-0.2, -0.15) is 0 Å². The van der Waals surface area contributed by atoms with Crippen LogP contribution in [0, 0.1) is 5.92 Å². The van der Waals surface area contributed by atoms with Crippen molar-refractivity contribution in [1.29, 1.82) is 0 Å². The highest BCUT2D eigenvalue weighted by Gasteiger charge is 2.46. The maximum atomic E-state index is 13.3. The molecule has 0 aromatic rings. The highest BCUT2D eigenvalue weighted by atomic mass is 35.5. The van der Waals surface area contributed by atoms with Crippen molar-refractivity contribution in [2.75, 3.05) is 5.88 Å². The van der Waals surface area contributed by atoms with Crippen molar-refractivity contribution in [3.63, 3.8) is 0 Å². The van der Waals surface area contributed by atoms with Crippen LogP contribution in [0.5, 0.6) is 0 Å². The third-order valence-electron chi connectivity index (χ3n) is 3.44. The van der Waals surface area contributed by atoms with E-state index in [0.29, 0.717) is 0 Å². The number of hydrogen-bond donors (Lipinski definition) is 0. The van der Waals surface area contributed by atoms with E-state index < -0.39 is 19.4 Å². The first-order valence-corrected chi connectivity index (χ1v) is 10.1. The molecule has 22 heavy (non-hydrogen) atoms. The van der Waals surface area contributed by atoms with Crippen LogP contribution in [-0.2, 0) is 23.1 Å². The fourth-order valence-corrected chi connectivity index (χ4v) is 5.33. The van der Waals surface area contributed by atoms with Crippen LogP contribution in [0.15, 0.2) is 0 Å². The van der Waals surface area contributed by atoms with E-state index in [4.69, 9.17) is 25.4 Å². The van der Waals surface area contributed by atoms with Crippen LogP contribution >= 0.6 is 19.2 Å². The first-order valence-electron chi connectivity index (χ1n) is 8.00. The predicted molar refractivity (Wildman–Crippen MR) is 87.2 cm³/mol. The van der Waals surface area contributed by atoms with Crippen LogP contribution in [-0.4, -0.2) is 29.9 Å². The maximum absolute atomic E-state index is 13.3. The average molecular weight is 355 g/mol. The van der Waals surface area contributed by atoms with Crippen LogP contribution < -0.4 is 0 Å². The zero-order valence-corrected chi connectivity index (χ0v) is 15.6. The molecule has 7 heteroatoms. The Kier molecular flexibility index (Phi) is 8.40. The van der Waals surface area contributed by atoms with Crippen molar-refractivity contribution < 1.29 is 23.1 Å². The summed E-state index contributed by atoms with van der Waals surface area (Å²) in [7, 11) is -3.58. The van der Waals surface area contributed by atoms with Gasteiger partial charge in [0.05, 0.1) is 12.2 Å². The molecule has 1 fully saturated rings. The number of esters is 1. The number of carbonyl (C=O) groups excluding carboxylic acids is 1. The second-order valence-corrected chi connectivity index (χ2v) is 8.54. The lowest BCUT2D eigenvalue weighted by atomic mass is 9.90. The molecular formula is C15H28ClO5P. The van der Waals surface area contributed by atoms with Gasteiger partial charge in [-0.1, -0.05) is 19.3 Å².